The zero-order valence-electron chi connectivity index (χ0n) is 29.6. The van der Waals surface area contributed by atoms with Gasteiger partial charge in [-0.05, 0) is 121 Å². The quantitative estimate of drug-likeness (QED) is 0.177. The fourth-order valence-corrected chi connectivity index (χ4v) is 10.0. The third kappa shape index (κ3) is 4.62. The first-order valence-electron chi connectivity index (χ1n) is 18.4. The molecule has 10 aromatic rings. The first-order valence-corrected chi connectivity index (χ1v) is 19.2. The summed E-state index contributed by atoms with van der Waals surface area (Å²) in [7, 11) is 0. The molecular formula is C51H35NS. The maximum Gasteiger partial charge on any atom is 0.0546 e. The summed E-state index contributed by atoms with van der Waals surface area (Å²) in [5.74, 6) is 0. The predicted molar refractivity (Wildman–Crippen MR) is 230 cm³/mol. The Bertz CT molecular complexity index is 3110. The topological polar surface area (TPSA) is 3.24 Å². The highest BCUT2D eigenvalue weighted by atomic mass is 32.1. The van der Waals surface area contributed by atoms with Crippen LogP contribution in [-0.4, -0.2) is 0 Å². The van der Waals surface area contributed by atoms with E-state index in [4.69, 9.17) is 0 Å². The second kappa shape index (κ2) is 11.4. The predicted octanol–water partition coefficient (Wildman–Crippen LogP) is 15.0. The molecule has 11 rings (SSSR count). The van der Waals surface area contributed by atoms with Gasteiger partial charge < -0.3 is 4.90 Å². The van der Waals surface area contributed by atoms with E-state index in [0.717, 1.165) is 17.1 Å². The van der Waals surface area contributed by atoms with Crippen LogP contribution in [0.15, 0.2) is 176 Å². The van der Waals surface area contributed by atoms with Crippen LogP contribution in [0.25, 0.3) is 74.7 Å². The number of hydrogen-bond donors (Lipinski definition) is 0. The fourth-order valence-electron chi connectivity index (χ4n) is 8.94. The van der Waals surface area contributed by atoms with E-state index >= 15 is 0 Å². The van der Waals surface area contributed by atoms with Crippen molar-refractivity contribution in [1.29, 1.82) is 0 Å². The number of rotatable bonds is 4. The van der Waals surface area contributed by atoms with Gasteiger partial charge in [0.05, 0.1) is 5.69 Å². The normalized spacial score (nSPS) is 13.2. The third-order valence-corrected chi connectivity index (χ3v) is 12.7. The lowest BCUT2D eigenvalue weighted by Crippen LogP contribution is -2.15. The molecule has 0 bridgehead atoms. The van der Waals surface area contributed by atoms with Crippen molar-refractivity contribution < 1.29 is 0 Å². The molecule has 0 aliphatic heterocycles. The lowest BCUT2D eigenvalue weighted by molar-refractivity contribution is 0.661. The Balaban J connectivity index is 1.21. The summed E-state index contributed by atoms with van der Waals surface area (Å²) in [6, 6.07) is 65.7. The van der Waals surface area contributed by atoms with Crippen LogP contribution in [0.1, 0.15) is 25.0 Å². The molecule has 1 nitrogen and oxygen atoms in total. The van der Waals surface area contributed by atoms with Gasteiger partial charge in [0.1, 0.15) is 0 Å². The lowest BCUT2D eigenvalue weighted by atomic mass is 9.82. The molecule has 1 aliphatic carbocycles. The second-order valence-corrected chi connectivity index (χ2v) is 16.0. The van der Waals surface area contributed by atoms with Gasteiger partial charge in [0.2, 0.25) is 0 Å². The molecule has 2 heteroatoms. The zero-order valence-corrected chi connectivity index (χ0v) is 30.4. The van der Waals surface area contributed by atoms with Gasteiger partial charge in [-0.25, -0.2) is 0 Å². The number of anilines is 3. The molecule has 1 heterocycles. The Kier molecular flexibility index (Phi) is 6.53. The van der Waals surface area contributed by atoms with Crippen molar-refractivity contribution >= 4 is 80.9 Å². The van der Waals surface area contributed by atoms with Gasteiger partial charge in [-0.2, -0.15) is 0 Å². The van der Waals surface area contributed by atoms with E-state index in [-0.39, 0.29) is 5.41 Å². The highest BCUT2D eigenvalue weighted by Crippen LogP contribution is 2.53. The van der Waals surface area contributed by atoms with E-state index < -0.39 is 0 Å². The van der Waals surface area contributed by atoms with E-state index in [1.807, 2.05) is 11.3 Å². The molecule has 0 atom stereocenters. The maximum atomic E-state index is 2.51. The molecule has 0 fully saturated rings. The van der Waals surface area contributed by atoms with Gasteiger partial charge in [-0.1, -0.05) is 129 Å². The minimum absolute atomic E-state index is 0.105. The van der Waals surface area contributed by atoms with Crippen LogP contribution >= 0.6 is 11.3 Å². The standard InChI is InChI=1S/C51H35NS/c1-51(2)45-24-22-38(30-43(45)42-28-35-14-5-6-15-36(35)29-46(42)51)52(39-23-26-49-44(31-39)41-17-9-10-18-48(41)53-49)47-25-21-33-12-7-8-16-40(33)50(47)37-20-19-32-11-3-4-13-34(32)27-37/h3-31H,1-2H3. The largest absolute Gasteiger partial charge is 0.310 e. The molecular weight excluding hydrogens is 659 g/mol. The van der Waals surface area contributed by atoms with Crippen molar-refractivity contribution in [1.82, 2.24) is 0 Å². The van der Waals surface area contributed by atoms with Crippen LogP contribution in [-0.2, 0) is 5.41 Å². The van der Waals surface area contributed by atoms with Crippen molar-refractivity contribution in [3.8, 4) is 22.3 Å². The van der Waals surface area contributed by atoms with E-state index in [9.17, 15) is 0 Å². The van der Waals surface area contributed by atoms with E-state index in [1.54, 1.807) is 0 Å². The van der Waals surface area contributed by atoms with Gasteiger partial charge >= 0.3 is 0 Å². The molecule has 0 N–H and O–H groups in total. The SMILES string of the molecule is CC1(C)c2ccc(N(c3ccc4sc5ccccc5c4c3)c3ccc4ccccc4c3-c3ccc4ccccc4c3)cc2-c2cc3ccccc3cc21. The van der Waals surface area contributed by atoms with Gasteiger partial charge in [-0.15, -0.1) is 11.3 Å². The highest BCUT2D eigenvalue weighted by molar-refractivity contribution is 7.25. The molecule has 9 aromatic carbocycles. The summed E-state index contributed by atoms with van der Waals surface area (Å²) in [5, 5.41) is 10.1. The first-order chi connectivity index (χ1) is 26.0. The number of thiophene rings is 1. The molecule has 250 valence electrons. The molecule has 0 spiro atoms. The van der Waals surface area contributed by atoms with Gasteiger partial charge in [0, 0.05) is 42.5 Å². The molecule has 1 aliphatic rings. The fraction of sp³-hybridized carbons (Fsp3) is 0.0588. The van der Waals surface area contributed by atoms with Crippen LogP contribution in [0, 0.1) is 0 Å². The second-order valence-electron chi connectivity index (χ2n) is 15.0. The van der Waals surface area contributed by atoms with Crippen molar-refractivity contribution in [2.75, 3.05) is 4.90 Å². The molecule has 0 saturated carbocycles. The molecule has 0 radical (unpaired) electrons. The average Bonchev–Trinajstić information content (AvgIpc) is 3.68. The lowest BCUT2D eigenvalue weighted by Gasteiger charge is -2.30. The summed E-state index contributed by atoms with van der Waals surface area (Å²) in [4.78, 5) is 2.51. The van der Waals surface area contributed by atoms with Gasteiger partial charge in [0.15, 0.2) is 0 Å². The smallest absolute Gasteiger partial charge is 0.0546 e. The van der Waals surface area contributed by atoms with E-state index in [1.165, 1.54) is 85.9 Å². The van der Waals surface area contributed by atoms with Crippen LogP contribution < -0.4 is 4.90 Å². The number of benzene rings is 9. The third-order valence-electron chi connectivity index (χ3n) is 11.6. The Hall–Kier alpha value is -6.22. The van der Waals surface area contributed by atoms with Crippen LogP contribution in [0.3, 0.4) is 0 Å². The minimum Gasteiger partial charge on any atom is -0.310 e. The van der Waals surface area contributed by atoms with E-state index in [0.29, 0.717) is 0 Å². The Morgan fingerprint density at radius 2 is 1.02 bits per heavy atom. The molecule has 0 saturated heterocycles. The van der Waals surface area contributed by atoms with Crippen molar-refractivity contribution in [2.45, 2.75) is 19.3 Å². The van der Waals surface area contributed by atoms with Crippen LogP contribution in [0.4, 0.5) is 17.1 Å². The molecule has 1 aromatic heterocycles. The minimum atomic E-state index is -0.105. The molecule has 0 unspecified atom stereocenters. The number of nitrogens with zero attached hydrogens (tertiary/aromatic N) is 1. The highest BCUT2D eigenvalue weighted by Gasteiger charge is 2.36. The number of fused-ring (bicyclic) bond motifs is 9. The Morgan fingerprint density at radius 3 is 1.85 bits per heavy atom. The summed E-state index contributed by atoms with van der Waals surface area (Å²) in [5.41, 5.74) is 11.2. The molecule has 53 heavy (non-hydrogen) atoms. The summed E-state index contributed by atoms with van der Waals surface area (Å²) < 4.78 is 2.62. The number of hydrogen-bond acceptors (Lipinski definition) is 2. The van der Waals surface area contributed by atoms with Crippen molar-refractivity contribution in [3.63, 3.8) is 0 Å². The zero-order chi connectivity index (χ0) is 35.3. The van der Waals surface area contributed by atoms with Crippen molar-refractivity contribution in [2.24, 2.45) is 0 Å². The van der Waals surface area contributed by atoms with Gasteiger partial charge in [0.25, 0.3) is 0 Å². The van der Waals surface area contributed by atoms with Gasteiger partial charge in [-0.3, -0.25) is 0 Å². The monoisotopic (exact) mass is 693 g/mol. The molecule has 0 amide bonds. The van der Waals surface area contributed by atoms with Crippen LogP contribution in [0.2, 0.25) is 0 Å². The summed E-state index contributed by atoms with van der Waals surface area (Å²) in [6.45, 7) is 4.75. The Morgan fingerprint density at radius 1 is 0.415 bits per heavy atom. The van der Waals surface area contributed by atoms with Crippen LogP contribution in [0.5, 0.6) is 0 Å². The summed E-state index contributed by atoms with van der Waals surface area (Å²) >= 11 is 1.87. The average molecular weight is 694 g/mol. The Labute approximate surface area is 313 Å². The first kappa shape index (κ1) is 30.4. The van der Waals surface area contributed by atoms with E-state index in [2.05, 4.69) is 195 Å². The maximum absolute atomic E-state index is 2.51. The van der Waals surface area contributed by atoms with Crippen molar-refractivity contribution in [3.05, 3.63) is 187 Å². The summed E-state index contributed by atoms with van der Waals surface area (Å²) in [6.07, 6.45) is 0.